The van der Waals surface area contributed by atoms with Crippen LogP contribution in [-0.4, -0.2) is 25.8 Å². The van der Waals surface area contributed by atoms with Crippen LogP contribution in [0.1, 0.15) is 25.9 Å². The highest BCUT2D eigenvalue weighted by Crippen LogP contribution is 2.24. The molecule has 0 saturated heterocycles. The molecule has 0 aromatic carbocycles. The van der Waals surface area contributed by atoms with E-state index in [4.69, 9.17) is 5.11 Å². The van der Waals surface area contributed by atoms with Gasteiger partial charge >= 0.3 is 11.7 Å². The number of carboxylic acid groups (broad SMARTS) is 1. The van der Waals surface area contributed by atoms with Crippen LogP contribution < -0.4 is 0 Å². The molecule has 0 aliphatic heterocycles. The molecule has 19 heavy (non-hydrogen) atoms. The standard InChI is InChI=1S/C11H11N3O4S/c1-6-10(14(17)18)7(2)13(12-6)5-8-3-4-9(19-8)11(15)16/h3-4H,5H2,1-2H3,(H,15,16). The van der Waals surface area contributed by atoms with Crippen molar-refractivity contribution in [1.29, 1.82) is 0 Å². The van der Waals surface area contributed by atoms with Gasteiger partial charge in [-0.05, 0) is 26.0 Å². The molecule has 0 fully saturated rings. The summed E-state index contributed by atoms with van der Waals surface area (Å²) in [5.74, 6) is -0.976. The molecule has 1 N–H and O–H groups in total. The van der Waals surface area contributed by atoms with Gasteiger partial charge in [-0.15, -0.1) is 11.3 Å². The van der Waals surface area contributed by atoms with Crippen molar-refractivity contribution in [2.24, 2.45) is 0 Å². The highest BCUT2D eigenvalue weighted by Gasteiger charge is 2.22. The quantitative estimate of drug-likeness (QED) is 0.684. The Bertz CT molecular complexity index is 659. The Labute approximate surface area is 112 Å². The number of aromatic carboxylic acids is 1. The molecule has 7 nitrogen and oxygen atoms in total. The Hall–Kier alpha value is -2.22. The number of hydrogen-bond acceptors (Lipinski definition) is 5. The molecule has 2 aromatic rings. The molecule has 0 radical (unpaired) electrons. The largest absolute Gasteiger partial charge is 0.477 e. The normalized spacial score (nSPS) is 10.6. The van der Waals surface area contributed by atoms with Crippen LogP contribution in [0.2, 0.25) is 0 Å². The van der Waals surface area contributed by atoms with Crippen LogP contribution in [0.3, 0.4) is 0 Å². The smallest absolute Gasteiger partial charge is 0.345 e. The van der Waals surface area contributed by atoms with Crippen LogP contribution in [0.4, 0.5) is 5.69 Å². The molecule has 0 saturated carbocycles. The van der Waals surface area contributed by atoms with E-state index in [2.05, 4.69) is 5.10 Å². The van der Waals surface area contributed by atoms with Crippen molar-refractivity contribution in [3.8, 4) is 0 Å². The number of thiophene rings is 1. The summed E-state index contributed by atoms with van der Waals surface area (Å²) in [5, 5.41) is 23.8. The van der Waals surface area contributed by atoms with E-state index in [9.17, 15) is 14.9 Å². The molecular weight excluding hydrogens is 270 g/mol. The number of nitro groups is 1. The van der Waals surface area contributed by atoms with E-state index in [-0.39, 0.29) is 10.6 Å². The third-order valence-corrected chi connectivity index (χ3v) is 3.76. The molecule has 0 aliphatic rings. The number of nitrogens with zero attached hydrogens (tertiary/aromatic N) is 3. The summed E-state index contributed by atoms with van der Waals surface area (Å²) in [6, 6.07) is 3.21. The van der Waals surface area contributed by atoms with Crippen molar-refractivity contribution in [1.82, 2.24) is 9.78 Å². The lowest BCUT2D eigenvalue weighted by Gasteiger charge is -2.00. The monoisotopic (exact) mass is 281 g/mol. The summed E-state index contributed by atoms with van der Waals surface area (Å²) in [6.45, 7) is 3.54. The van der Waals surface area contributed by atoms with Crippen LogP contribution in [0.25, 0.3) is 0 Å². The van der Waals surface area contributed by atoms with Crippen molar-refractivity contribution in [2.45, 2.75) is 20.4 Å². The van der Waals surface area contributed by atoms with Gasteiger partial charge in [-0.3, -0.25) is 14.8 Å². The first kappa shape index (κ1) is 13.2. The first-order valence-electron chi connectivity index (χ1n) is 5.40. The van der Waals surface area contributed by atoms with Crippen molar-refractivity contribution in [3.63, 3.8) is 0 Å². The van der Waals surface area contributed by atoms with Gasteiger partial charge in [-0.1, -0.05) is 0 Å². The van der Waals surface area contributed by atoms with Gasteiger partial charge in [0, 0.05) is 4.88 Å². The molecule has 0 unspecified atom stereocenters. The average molecular weight is 281 g/mol. The van der Waals surface area contributed by atoms with Gasteiger partial charge in [0.2, 0.25) is 0 Å². The van der Waals surface area contributed by atoms with Crippen molar-refractivity contribution in [3.05, 3.63) is 43.4 Å². The maximum absolute atomic E-state index is 10.9. The van der Waals surface area contributed by atoms with E-state index in [1.165, 1.54) is 10.7 Å². The number of aryl methyl sites for hydroxylation is 1. The van der Waals surface area contributed by atoms with Crippen LogP contribution in [0.5, 0.6) is 0 Å². The Morgan fingerprint density at radius 1 is 1.53 bits per heavy atom. The highest BCUT2D eigenvalue weighted by atomic mass is 32.1. The highest BCUT2D eigenvalue weighted by molar-refractivity contribution is 7.13. The second-order valence-corrected chi connectivity index (χ2v) is 5.17. The Morgan fingerprint density at radius 2 is 2.21 bits per heavy atom. The van der Waals surface area contributed by atoms with Gasteiger partial charge in [0.1, 0.15) is 16.3 Å². The first-order valence-corrected chi connectivity index (χ1v) is 6.22. The fourth-order valence-electron chi connectivity index (χ4n) is 1.83. The van der Waals surface area contributed by atoms with E-state index in [0.29, 0.717) is 17.9 Å². The average Bonchev–Trinajstić information content (AvgIpc) is 2.85. The maximum Gasteiger partial charge on any atom is 0.345 e. The maximum atomic E-state index is 10.9. The molecular formula is C11H11N3O4S. The Balaban J connectivity index is 2.31. The third-order valence-electron chi connectivity index (χ3n) is 2.70. The van der Waals surface area contributed by atoms with Gasteiger partial charge in [-0.25, -0.2) is 4.79 Å². The minimum atomic E-state index is -0.976. The zero-order chi connectivity index (χ0) is 14.2. The molecule has 2 rings (SSSR count). The fourth-order valence-corrected chi connectivity index (χ4v) is 2.66. The SMILES string of the molecule is Cc1nn(Cc2ccc(C(=O)O)s2)c(C)c1[N+](=O)[O-]. The van der Waals surface area contributed by atoms with Crippen molar-refractivity contribution in [2.75, 3.05) is 0 Å². The van der Waals surface area contributed by atoms with E-state index < -0.39 is 10.9 Å². The number of aromatic nitrogens is 2. The van der Waals surface area contributed by atoms with Crippen LogP contribution in [0, 0.1) is 24.0 Å². The molecule has 0 aliphatic carbocycles. The minimum Gasteiger partial charge on any atom is -0.477 e. The fraction of sp³-hybridized carbons (Fsp3) is 0.273. The zero-order valence-corrected chi connectivity index (χ0v) is 11.1. The minimum absolute atomic E-state index is 0.00927. The number of carboxylic acids is 1. The molecule has 0 amide bonds. The van der Waals surface area contributed by atoms with Crippen LogP contribution in [0.15, 0.2) is 12.1 Å². The molecule has 0 spiro atoms. The van der Waals surface area contributed by atoms with Gasteiger partial charge in [0.15, 0.2) is 0 Å². The lowest BCUT2D eigenvalue weighted by Crippen LogP contribution is -2.03. The summed E-state index contributed by atoms with van der Waals surface area (Å²) in [4.78, 5) is 22.2. The molecule has 0 bridgehead atoms. The van der Waals surface area contributed by atoms with Crippen molar-refractivity contribution < 1.29 is 14.8 Å². The molecule has 2 heterocycles. The first-order chi connectivity index (χ1) is 8.90. The van der Waals surface area contributed by atoms with Crippen molar-refractivity contribution >= 4 is 23.0 Å². The van der Waals surface area contributed by atoms with Gasteiger partial charge in [0.05, 0.1) is 11.5 Å². The summed E-state index contributed by atoms with van der Waals surface area (Å²) in [6.07, 6.45) is 0. The predicted molar refractivity (Wildman–Crippen MR) is 68.7 cm³/mol. The van der Waals surface area contributed by atoms with Gasteiger partial charge in [0.25, 0.3) is 0 Å². The molecule has 100 valence electrons. The third kappa shape index (κ3) is 2.48. The topological polar surface area (TPSA) is 98.3 Å². The predicted octanol–water partition coefficient (Wildman–Crippen LogP) is 2.22. The number of hydrogen-bond donors (Lipinski definition) is 1. The van der Waals surface area contributed by atoms with E-state index in [1.54, 1.807) is 19.9 Å². The van der Waals surface area contributed by atoms with Gasteiger partial charge in [-0.2, -0.15) is 5.10 Å². The molecule has 2 aromatic heterocycles. The zero-order valence-electron chi connectivity index (χ0n) is 10.3. The van der Waals surface area contributed by atoms with Crippen LogP contribution in [-0.2, 0) is 6.54 Å². The summed E-state index contributed by atoms with van der Waals surface area (Å²) >= 11 is 1.14. The Kier molecular flexibility index (Phi) is 3.34. The second-order valence-electron chi connectivity index (χ2n) is 4.01. The number of carbonyl (C=O) groups is 1. The van der Waals surface area contributed by atoms with E-state index in [1.807, 2.05) is 0 Å². The number of rotatable bonds is 4. The summed E-state index contributed by atoms with van der Waals surface area (Å²) in [7, 11) is 0. The van der Waals surface area contributed by atoms with E-state index >= 15 is 0 Å². The Morgan fingerprint density at radius 3 is 2.68 bits per heavy atom. The van der Waals surface area contributed by atoms with Gasteiger partial charge < -0.3 is 5.11 Å². The molecule has 0 atom stereocenters. The lowest BCUT2D eigenvalue weighted by atomic mass is 10.3. The second kappa shape index (κ2) is 4.81. The lowest BCUT2D eigenvalue weighted by molar-refractivity contribution is -0.386. The molecule has 8 heteroatoms. The van der Waals surface area contributed by atoms with Crippen LogP contribution >= 0.6 is 11.3 Å². The summed E-state index contributed by atoms with van der Waals surface area (Å²) in [5.41, 5.74) is 0.834. The summed E-state index contributed by atoms with van der Waals surface area (Å²) < 4.78 is 1.52. The van der Waals surface area contributed by atoms with E-state index in [0.717, 1.165) is 16.2 Å².